The Balaban J connectivity index is 1.16. The van der Waals surface area contributed by atoms with E-state index in [4.69, 9.17) is 5.73 Å². The Labute approximate surface area is 259 Å². The average Bonchev–Trinajstić information content (AvgIpc) is 3.48. The van der Waals surface area contributed by atoms with Crippen molar-refractivity contribution in [3.8, 4) is 11.3 Å². The minimum atomic E-state index is -4.54. The number of nitrogen functional groups attached to an aromatic ring is 1. The van der Waals surface area contributed by atoms with Crippen LogP contribution in [-0.2, 0) is 11.0 Å². The Bertz CT molecular complexity index is 1660. The van der Waals surface area contributed by atoms with Crippen molar-refractivity contribution in [2.45, 2.75) is 76.4 Å². The normalized spacial score (nSPS) is 14.2. The number of anilines is 2. The quantitative estimate of drug-likeness (QED) is 0.154. The molecule has 0 radical (unpaired) electrons. The highest BCUT2D eigenvalue weighted by atomic mass is 19.4. The molecule has 0 saturated heterocycles. The van der Waals surface area contributed by atoms with Crippen molar-refractivity contribution in [2.75, 3.05) is 11.1 Å². The molecule has 236 valence electrons. The zero-order valence-electron chi connectivity index (χ0n) is 24.8. The van der Waals surface area contributed by atoms with E-state index < -0.39 is 17.6 Å². The van der Waals surface area contributed by atoms with Crippen LogP contribution in [0.2, 0.25) is 0 Å². The summed E-state index contributed by atoms with van der Waals surface area (Å²) in [4.78, 5) is 37.6. The number of nitrogens with two attached hydrogens (primary N) is 1. The van der Waals surface area contributed by atoms with Gasteiger partial charge in [-0.1, -0.05) is 43.9 Å². The van der Waals surface area contributed by atoms with E-state index in [1.165, 1.54) is 19.3 Å². The van der Waals surface area contributed by atoms with E-state index in [0.29, 0.717) is 35.1 Å². The van der Waals surface area contributed by atoms with Gasteiger partial charge in [-0.2, -0.15) is 13.2 Å². The van der Waals surface area contributed by atoms with E-state index in [1.807, 2.05) is 10.5 Å². The summed E-state index contributed by atoms with van der Waals surface area (Å²) in [6.07, 6.45) is 13.9. The molecular weight excluding hydrogens is 583 g/mol. The third-order valence-electron chi connectivity index (χ3n) is 7.91. The van der Waals surface area contributed by atoms with Crippen molar-refractivity contribution >= 4 is 35.0 Å². The maximum atomic E-state index is 13.0. The number of unbranched alkanes of at least 4 members (excludes halogenated alkanes) is 3. The molecular formula is C33H36F3N7O2. The minimum absolute atomic E-state index is 0.161. The van der Waals surface area contributed by atoms with Crippen LogP contribution in [0, 0.1) is 0 Å². The second-order valence-corrected chi connectivity index (χ2v) is 11.2. The lowest BCUT2D eigenvalue weighted by Crippen LogP contribution is -2.35. The molecule has 0 unspecified atom stereocenters. The first-order valence-electron chi connectivity index (χ1n) is 15.2. The molecule has 4 aromatic rings. The van der Waals surface area contributed by atoms with Gasteiger partial charge in [0, 0.05) is 29.8 Å². The first-order valence-corrected chi connectivity index (χ1v) is 15.2. The van der Waals surface area contributed by atoms with Crippen LogP contribution in [0.25, 0.3) is 22.9 Å². The van der Waals surface area contributed by atoms with E-state index in [2.05, 4.69) is 31.7 Å². The summed E-state index contributed by atoms with van der Waals surface area (Å²) in [6, 6.07) is 8.46. The van der Waals surface area contributed by atoms with Gasteiger partial charge < -0.3 is 16.4 Å². The number of nitrogens with one attached hydrogen (secondary N) is 2. The van der Waals surface area contributed by atoms with Crippen LogP contribution < -0.4 is 16.4 Å². The van der Waals surface area contributed by atoms with E-state index in [0.717, 1.165) is 62.5 Å². The number of rotatable bonds is 11. The van der Waals surface area contributed by atoms with Gasteiger partial charge in [-0.3, -0.25) is 14.0 Å². The van der Waals surface area contributed by atoms with Crippen LogP contribution in [-0.4, -0.2) is 37.2 Å². The molecule has 2 amide bonds. The lowest BCUT2D eigenvalue weighted by Gasteiger charge is -2.22. The molecule has 1 aliphatic rings. The molecule has 9 nitrogen and oxygen atoms in total. The van der Waals surface area contributed by atoms with Crippen molar-refractivity contribution in [3.05, 3.63) is 78.0 Å². The van der Waals surface area contributed by atoms with Gasteiger partial charge in [0.15, 0.2) is 0 Å². The van der Waals surface area contributed by atoms with Crippen molar-refractivity contribution in [2.24, 2.45) is 0 Å². The highest BCUT2D eigenvalue weighted by Gasteiger charge is 2.31. The molecule has 0 aliphatic heterocycles. The van der Waals surface area contributed by atoms with E-state index in [1.54, 1.807) is 36.8 Å². The Hall–Kier alpha value is -4.74. The molecule has 3 heterocycles. The zero-order valence-corrected chi connectivity index (χ0v) is 24.8. The van der Waals surface area contributed by atoms with Crippen molar-refractivity contribution in [1.82, 2.24) is 24.7 Å². The molecule has 1 aromatic carbocycles. The summed E-state index contributed by atoms with van der Waals surface area (Å²) in [6.45, 7) is 0. The topological polar surface area (TPSA) is 127 Å². The molecule has 12 heteroatoms. The predicted octanol–water partition coefficient (Wildman–Crippen LogP) is 7.06. The minimum Gasteiger partial charge on any atom is -0.382 e. The SMILES string of the molecule is Nc1ncc(/C=C/CCCCCC(=O)NC2CCCCC2)n2cnc(-c3ccc(C(=O)Nc4cc(C(F)(F)F)ccn4)cc3)c12. The summed E-state index contributed by atoms with van der Waals surface area (Å²) >= 11 is 0. The highest BCUT2D eigenvalue weighted by Crippen LogP contribution is 2.31. The van der Waals surface area contributed by atoms with Gasteiger partial charge in [0.2, 0.25) is 5.91 Å². The van der Waals surface area contributed by atoms with Gasteiger partial charge >= 0.3 is 6.18 Å². The largest absolute Gasteiger partial charge is 0.416 e. The monoisotopic (exact) mass is 619 g/mol. The van der Waals surface area contributed by atoms with Crippen molar-refractivity contribution in [3.63, 3.8) is 0 Å². The fourth-order valence-electron chi connectivity index (χ4n) is 5.50. The number of amides is 2. The van der Waals surface area contributed by atoms with Crippen molar-refractivity contribution in [1.29, 1.82) is 0 Å². The number of imidazole rings is 1. The van der Waals surface area contributed by atoms with Gasteiger partial charge in [0.05, 0.1) is 23.1 Å². The number of pyridine rings is 1. The summed E-state index contributed by atoms with van der Waals surface area (Å²) in [5.41, 5.74) is 8.25. The molecule has 0 atom stereocenters. The van der Waals surface area contributed by atoms with Gasteiger partial charge in [0.1, 0.15) is 23.5 Å². The van der Waals surface area contributed by atoms with Gasteiger partial charge in [-0.15, -0.1) is 0 Å². The molecule has 5 rings (SSSR count). The molecule has 45 heavy (non-hydrogen) atoms. The Morgan fingerprint density at radius 2 is 1.78 bits per heavy atom. The van der Waals surface area contributed by atoms with Crippen molar-refractivity contribution < 1.29 is 22.8 Å². The second-order valence-electron chi connectivity index (χ2n) is 11.2. The number of hydrogen-bond acceptors (Lipinski definition) is 6. The predicted molar refractivity (Wildman–Crippen MR) is 167 cm³/mol. The number of benzene rings is 1. The molecule has 0 spiro atoms. The standard InChI is InChI=1S/C33H36F3N7O2/c34-33(35,36)24-17-18-38-27(19-24)42-32(45)23-15-13-22(14-16-23)29-30-31(37)39-20-26(43(30)21-40-29)11-7-2-1-3-8-12-28(44)41-25-9-5-4-6-10-25/h7,11,13-21,25H,1-6,8-10,12H2,(H2,37,39)(H,41,44)(H,38,42,45)/b11-7+. The van der Waals surface area contributed by atoms with Gasteiger partial charge in [-0.05, 0) is 62.4 Å². The zero-order chi connectivity index (χ0) is 31.8. The maximum absolute atomic E-state index is 13.0. The fourth-order valence-corrected chi connectivity index (χ4v) is 5.50. The molecule has 3 aromatic heterocycles. The molecule has 4 N–H and O–H groups in total. The summed E-state index contributed by atoms with van der Waals surface area (Å²) in [5.74, 6) is -0.340. The van der Waals surface area contributed by atoms with Crippen LogP contribution >= 0.6 is 0 Å². The number of halogens is 3. The number of aromatic nitrogens is 4. The number of fused-ring (bicyclic) bond motifs is 1. The maximum Gasteiger partial charge on any atom is 0.416 e. The van der Waals surface area contributed by atoms with Crippen LogP contribution in [0.5, 0.6) is 0 Å². The molecule has 1 saturated carbocycles. The number of carbonyl (C=O) groups is 2. The Morgan fingerprint density at radius 1 is 1.00 bits per heavy atom. The smallest absolute Gasteiger partial charge is 0.382 e. The number of carbonyl (C=O) groups excluding carboxylic acids is 2. The van der Waals surface area contributed by atoms with Crippen LogP contribution in [0.15, 0.2) is 61.2 Å². The summed E-state index contributed by atoms with van der Waals surface area (Å²) < 4.78 is 40.8. The first kappa shape index (κ1) is 31.7. The first-order chi connectivity index (χ1) is 21.7. The third kappa shape index (κ3) is 8.25. The lowest BCUT2D eigenvalue weighted by atomic mass is 9.95. The number of allylic oxidation sites excluding steroid dienone is 1. The summed E-state index contributed by atoms with van der Waals surface area (Å²) in [5, 5.41) is 5.57. The molecule has 1 aliphatic carbocycles. The van der Waals surface area contributed by atoms with Crippen LogP contribution in [0.4, 0.5) is 24.8 Å². The van der Waals surface area contributed by atoms with E-state index >= 15 is 0 Å². The third-order valence-corrected chi connectivity index (χ3v) is 7.91. The Morgan fingerprint density at radius 3 is 2.53 bits per heavy atom. The summed E-state index contributed by atoms with van der Waals surface area (Å²) in [7, 11) is 0. The average molecular weight is 620 g/mol. The number of hydrogen-bond donors (Lipinski definition) is 3. The van der Waals surface area contributed by atoms with E-state index in [-0.39, 0.29) is 17.3 Å². The van der Waals surface area contributed by atoms with Gasteiger partial charge in [-0.25, -0.2) is 15.0 Å². The highest BCUT2D eigenvalue weighted by molar-refractivity contribution is 6.04. The molecule has 0 bridgehead atoms. The second kappa shape index (κ2) is 14.4. The molecule has 1 fully saturated rings. The van der Waals surface area contributed by atoms with E-state index in [9.17, 15) is 22.8 Å². The van der Waals surface area contributed by atoms with Gasteiger partial charge in [0.25, 0.3) is 5.91 Å². The van der Waals surface area contributed by atoms with Crippen LogP contribution in [0.1, 0.15) is 85.8 Å². The number of nitrogens with zero attached hydrogens (tertiary/aromatic N) is 4. The van der Waals surface area contributed by atoms with Crippen LogP contribution in [0.3, 0.4) is 0 Å². The fraction of sp³-hybridized carbons (Fsp3) is 0.364. The number of alkyl halides is 3. The Kier molecular flexibility index (Phi) is 10.1. The lowest BCUT2D eigenvalue weighted by molar-refractivity contribution is -0.137.